The van der Waals surface area contributed by atoms with Gasteiger partial charge in [-0.2, -0.15) is 0 Å². The van der Waals surface area contributed by atoms with Crippen molar-refractivity contribution in [2.24, 2.45) is 0 Å². The number of aromatic nitrogens is 4. The second-order valence-electron chi connectivity index (χ2n) is 13.0. The number of furan rings is 2. The molecule has 6 nitrogen and oxygen atoms in total. The van der Waals surface area contributed by atoms with E-state index in [1.807, 2.05) is 103 Å². The summed E-state index contributed by atoms with van der Waals surface area (Å²) in [5, 5.41) is 5.21. The fourth-order valence-corrected chi connectivity index (χ4v) is 8.45. The number of thiazole rings is 1. The molecule has 0 aliphatic carbocycles. The Morgan fingerprint density at radius 2 is 0.943 bits per heavy atom. The van der Waals surface area contributed by atoms with Gasteiger partial charge in [0.2, 0.25) is 0 Å². The number of nitrogens with zero attached hydrogens (tertiary/aromatic N) is 4. The fraction of sp³-hybridized carbons (Fsp3) is 0. The van der Waals surface area contributed by atoms with E-state index in [4.69, 9.17) is 28.8 Å². The van der Waals surface area contributed by atoms with E-state index in [0.29, 0.717) is 17.5 Å². The summed E-state index contributed by atoms with van der Waals surface area (Å²) in [6.07, 6.45) is 0. The lowest BCUT2D eigenvalue weighted by Gasteiger charge is -2.10. The van der Waals surface area contributed by atoms with Crippen molar-refractivity contribution in [1.82, 2.24) is 19.9 Å². The van der Waals surface area contributed by atoms with Crippen molar-refractivity contribution in [2.75, 3.05) is 0 Å². The minimum Gasteiger partial charge on any atom is -0.456 e. The summed E-state index contributed by atoms with van der Waals surface area (Å²) in [6, 6.07) is 53.2. The van der Waals surface area contributed by atoms with E-state index < -0.39 is 0 Å². The van der Waals surface area contributed by atoms with Gasteiger partial charge in [0.05, 0.1) is 10.2 Å². The van der Waals surface area contributed by atoms with Crippen LogP contribution in [0.15, 0.2) is 167 Å². The third kappa shape index (κ3) is 4.86. The average Bonchev–Trinajstić information content (AvgIpc) is 3.94. The van der Waals surface area contributed by atoms with Crippen molar-refractivity contribution in [1.29, 1.82) is 0 Å². The van der Waals surface area contributed by atoms with Crippen LogP contribution >= 0.6 is 11.3 Å². The van der Waals surface area contributed by atoms with Gasteiger partial charge in [-0.3, -0.25) is 0 Å². The summed E-state index contributed by atoms with van der Waals surface area (Å²) >= 11 is 1.69. The third-order valence-corrected chi connectivity index (χ3v) is 10.9. The summed E-state index contributed by atoms with van der Waals surface area (Å²) in [7, 11) is 0. The van der Waals surface area contributed by atoms with Crippen molar-refractivity contribution in [3.05, 3.63) is 158 Å². The molecule has 0 radical (unpaired) electrons. The van der Waals surface area contributed by atoms with Crippen LogP contribution in [0.3, 0.4) is 0 Å². The standard InChI is InChI=1S/C46H26N4O2S/c1-3-13-27(14-4-1)43-48-44(28-15-5-2-6-16-28)50-45(49-43)30-18-11-17-29(25-30)34-26-35-42(40-32-20-8-10-23-37(32)52-41(34)40)53-46(47-35)33-21-12-24-38-39(33)31-19-7-9-22-36(31)51-38/h1-26H. The number of benzene rings is 7. The first kappa shape index (κ1) is 29.7. The summed E-state index contributed by atoms with van der Waals surface area (Å²) in [5.41, 5.74) is 10.0. The molecule has 53 heavy (non-hydrogen) atoms. The van der Waals surface area contributed by atoms with Gasteiger partial charge in [-0.1, -0.05) is 127 Å². The van der Waals surface area contributed by atoms with Gasteiger partial charge >= 0.3 is 0 Å². The van der Waals surface area contributed by atoms with Crippen LogP contribution < -0.4 is 0 Å². The highest BCUT2D eigenvalue weighted by Gasteiger charge is 2.22. The molecule has 0 aliphatic heterocycles. The maximum Gasteiger partial charge on any atom is 0.164 e. The summed E-state index contributed by atoms with van der Waals surface area (Å²) in [4.78, 5) is 20.2. The summed E-state index contributed by atoms with van der Waals surface area (Å²) in [5.74, 6) is 1.84. The van der Waals surface area contributed by atoms with E-state index in [-0.39, 0.29) is 0 Å². The van der Waals surface area contributed by atoms with Crippen LogP contribution in [0.2, 0.25) is 0 Å². The van der Waals surface area contributed by atoms with E-state index in [0.717, 1.165) is 92.5 Å². The molecule has 0 amide bonds. The lowest BCUT2D eigenvalue weighted by atomic mass is 9.99. The van der Waals surface area contributed by atoms with Gasteiger partial charge in [0.1, 0.15) is 27.3 Å². The van der Waals surface area contributed by atoms with E-state index in [2.05, 4.69) is 54.6 Å². The molecule has 0 aliphatic rings. The summed E-state index contributed by atoms with van der Waals surface area (Å²) in [6.45, 7) is 0. The second-order valence-corrected chi connectivity index (χ2v) is 14.0. The van der Waals surface area contributed by atoms with E-state index in [1.165, 1.54) is 0 Å². The molecule has 0 atom stereocenters. The van der Waals surface area contributed by atoms with Gasteiger partial charge < -0.3 is 8.83 Å². The quantitative estimate of drug-likeness (QED) is 0.178. The Balaban J connectivity index is 1.12. The second kappa shape index (κ2) is 11.8. The van der Waals surface area contributed by atoms with E-state index in [9.17, 15) is 0 Å². The fourth-order valence-electron chi connectivity index (χ4n) is 7.32. The van der Waals surface area contributed by atoms with Gasteiger partial charge in [0.15, 0.2) is 17.5 Å². The molecule has 0 N–H and O–H groups in total. The van der Waals surface area contributed by atoms with Crippen molar-refractivity contribution >= 4 is 65.4 Å². The molecule has 0 spiro atoms. The number of para-hydroxylation sites is 2. The third-order valence-electron chi connectivity index (χ3n) is 9.77. The van der Waals surface area contributed by atoms with Crippen LogP contribution in [-0.4, -0.2) is 19.9 Å². The molecular weight excluding hydrogens is 673 g/mol. The lowest BCUT2D eigenvalue weighted by molar-refractivity contribution is 0.669. The van der Waals surface area contributed by atoms with Gasteiger partial charge in [-0.05, 0) is 35.9 Å². The molecule has 7 heteroatoms. The first-order chi connectivity index (χ1) is 26.2. The largest absolute Gasteiger partial charge is 0.456 e. The number of fused-ring (bicyclic) bond motifs is 8. The molecule has 0 saturated heterocycles. The normalized spacial score (nSPS) is 11.8. The monoisotopic (exact) mass is 698 g/mol. The predicted molar refractivity (Wildman–Crippen MR) is 215 cm³/mol. The molecule has 0 bridgehead atoms. The van der Waals surface area contributed by atoms with Gasteiger partial charge in [0.25, 0.3) is 0 Å². The Labute approximate surface area is 306 Å². The zero-order valence-electron chi connectivity index (χ0n) is 28.0. The van der Waals surface area contributed by atoms with Crippen LogP contribution in [-0.2, 0) is 0 Å². The predicted octanol–water partition coefficient (Wildman–Crippen LogP) is 12.6. The Kier molecular flexibility index (Phi) is 6.62. The zero-order valence-corrected chi connectivity index (χ0v) is 28.8. The van der Waals surface area contributed by atoms with Crippen molar-refractivity contribution in [3.63, 3.8) is 0 Å². The highest BCUT2D eigenvalue weighted by Crippen LogP contribution is 2.46. The zero-order chi connectivity index (χ0) is 34.9. The van der Waals surface area contributed by atoms with Crippen LogP contribution in [0.4, 0.5) is 0 Å². The van der Waals surface area contributed by atoms with Crippen LogP contribution in [0, 0.1) is 0 Å². The molecular formula is C46H26N4O2S. The Bertz CT molecular complexity index is 3120. The number of rotatable bonds is 5. The Morgan fingerprint density at radius 1 is 0.396 bits per heavy atom. The Hall–Kier alpha value is -6.96. The first-order valence-electron chi connectivity index (χ1n) is 17.4. The maximum absolute atomic E-state index is 6.70. The van der Waals surface area contributed by atoms with Gasteiger partial charge in [-0.25, -0.2) is 19.9 Å². The molecule has 0 unspecified atom stereocenters. The van der Waals surface area contributed by atoms with Crippen molar-refractivity contribution < 1.29 is 8.83 Å². The molecule has 11 rings (SSSR count). The minimum atomic E-state index is 0.595. The van der Waals surface area contributed by atoms with Crippen LogP contribution in [0.5, 0.6) is 0 Å². The molecule has 4 heterocycles. The van der Waals surface area contributed by atoms with Gasteiger partial charge in [0, 0.05) is 49.4 Å². The van der Waals surface area contributed by atoms with Crippen LogP contribution in [0.1, 0.15) is 0 Å². The van der Waals surface area contributed by atoms with E-state index >= 15 is 0 Å². The highest BCUT2D eigenvalue weighted by atomic mass is 32.1. The molecule has 248 valence electrons. The Morgan fingerprint density at radius 3 is 1.66 bits per heavy atom. The van der Waals surface area contributed by atoms with Crippen molar-refractivity contribution in [3.8, 4) is 55.9 Å². The first-order valence-corrected chi connectivity index (χ1v) is 18.2. The lowest BCUT2D eigenvalue weighted by Crippen LogP contribution is -2.00. The smallest absolute Gasteiger partial charge is 0.164 e. The molecule has 7 aromatic carbocycles. The topological polar surface area (TPSA) is 77.8 Å². The van der Waals surface area contributed by atoms with Crippen LogP contribution in [0.25, 0.3) is 110 Å². The minimum absolute atomic E-state index is 0.595. The summed E-state index contributed by atoms with van der Waals surface area (Å²) < 4.78 is 14.0. The van der Waals surface area contributed by atoms with Gasteiger partial charge in [-0.15, -0.1) is 11.3 Å². The SMILES string of the molecule is c1ccc(-c2nc(-c3ccccc3)nc(-c3cccc(-c4cc5nc(-c6cccc7oc8ccccc8c67)sc5c5c4oc4ccccc45)c3)n2)cc1. The highest BCUT2D eigenvalue weighted by molar-refractivity contribution is 7.22. The molecule has 0 saturated carbocycles. The van der Waals surface area contributed by atoms with E-state index in [1.54, 1.807) is 11.3 Å². The van der Waals surface area contributed by atoms with Crippen molar-refractivity contribution in [2.45, 2.75) is 0 Å². The average molecular weight is 699 g/mol. The molecule has 11 aromatic rings. The molecule has 0 fully saturated rings. The molecule has 4 aromatic heterocycles. The maximum atomic E-state index is 6.70. The number of hydrogen-bond donors (Lipinski definition) is 0. The number of hydrogen-bond acceptors (Lipinski definition) is 7.